The molecule has 10 heavy (non-hydrogen) atoms. The number of terminal acetylenes is 1. The first kappa shape index (κ1) is 7.59. The normalized spacial score (nSPS) is 41.6. The predicted octanol–water partition coefficient (Wildman–Crippen LogP) is 0.686. The largest absolute Gasteiger partial charge is 0.348 e. The van der Waals surface area contributed by atoms with Gasteiger partial charge in [0, 0.05) is 6.04 Å². The van der Waals surface area contributed by atoms with Gasteiger partial charge in [0.1, 0.15) is 0 Å². The van der Waals surface area contributed by atoms with Gasteiger partial charge in [-0.1, -0.05) is 5.92 Å². The Bertz CT molecular complexity index is 173. The molecule has 56 valence electrons. The third-order valence-corrected chi connectivity index (χ3v) is 2.21. The second-order valence-electron chi connectivity index (χ2n) is 2.90. The topological polar surface area (TPSA) is 12.5 Å². The molecule has 0 saturated carbocycles. The van der Waals surface area contributed by atoms with Gasteiger partial charge in [-0.2, -0.15) is 0 Å². The SMILES string of the molecule is C#CC1(C)OCC(C)N1C. The van der Waals surface area contributed by atoms with Crippen LogP contribution in [0.25, 0.3) is 0 Å². The summed E-state index contributed by atoms with van der Waals surface area (Å²) in [5.74, 6) is 2.62. The molecule has 1 heterocycles. The first-order chi connectivity index (χ1) is 4.60. The van der Waals surface area contributed by atoms with Crippen molar-refractivity contribution in [2.45, 2.75) is 25.6 Å². The monoisotopic (exact) mass is 139 g/mol. The average Bonchev–Trinajstić information content (AvgIpc) is 2.19. The fraction of sp³-hybridized carbons (Fsp3) is 0.750. The Morgan fingerprint density at radius 1 is 1.80 bits per heavy atom. The molecule has 1 aliphatic heterocycles. The Morgan fingerprint density at radius 2 is 2.40 bits per heavy atom. The molecule has 1 saturated heterocycles. The van der Waals surface area contributed by atoms with Crippen LogP contribution in [0.3, 0.4) is 0 Å². The number of likely N-dealkylation sites (N-methyl/N-ethyl adjacent to an activating group) is 1. The summed E-state index contributed by atoms with van der Waals surface area (Å²) in [6.45, 7) is 4.75. The fourth-order valence-corrected chi connectivity index (χ4v) is 1.06. The van der Waals surface area contributed by atoms with E-state index in [4.69, 9.17) is 11.2 Å². The molecule has 0 aromatic carbocycles. The van der Waals surface area contributed by atoms with Crippen molar-refractivity contribution in [2.75, 3.05) is 13.7 Å². The summed E-state index contributed by atoms with van der Waals surface area (Å²) < 4.78 is 5.40. The second-order valence-corrected chi connectivity index (χ2v) is 2.90. The Labute approximate surface area is 62.2 Å². The maximum absolute atomic E-state index is 5.40. The summed E-state index contributed by atoms with van der Waals surface area (Å²) in [4.78, 5) is 2.06. The molecule has 0 radical (unpaired) electrons. The summed E-state index contributed by atoms with van der Waals surface area (Å²) in [7, 11) is 1.98. The first-order valence-corrected chi connectivity index (χ1v) is 3.45. The first-order valence-electron chi connectivity index (χ1n) is 3.45. The molecule has 1 fully saturated rings. The molecule has 0 spiro atoms. The molecular formula is C8H13NO. The van der Waals surface area contributed by atoms with Crippen LogP contribution in [0.15, 0.2) is 0 Å². The highest BCUT2D eigenvalue weighted by atomic mass is 16.5. The summed E-state index contributed by atoms with van der Waals surface area (Å²) in [6.07, 6.45) is 5.30. The smallest absolute Gasteiger partial charge is 0.181 e. The Hall–Kier alpha value is -0.520. The summed E-state index contributed by atoms with van der Waals surface area (Å²) in [5, 5.41) is 0. The molecule has 1 aliphatic rings. The summed E-state index contributed by atoms with van der Waals surface area (Å²) >= 11 is 0. The van der Waals surface area contributed by atoms with Crippen LogP contribution in [0.4, 0.5) is 0 Å². The van der Waals surface area contributed by atoms with Crippen molar-refractivity contribution < 1.29 is 4.74 Å². The fourth-order valence-electron chi connectivity index (χ4n) is 1.06. The lowest BCUT2D eigenvalue weighted by atomic mass is 10.2. The van der Waals surface area contributed by atoms with Gasteiger partial charge >= 0.3 is 0 Å². The van der Waals surface area contributed by atoms with Crippen molar-refractivity contribution >= 4 is 0 Å². The molecule has 0 amide bonds. The quantitative estimate of drug-likeness (QED) is 0.458. The van der Waals surface area contributed by atoms with Crippen molar-refractivity contribution in [3.8, 4) is 12.3 Å². The molecule has 2 heteroatoms. The molecular weight excluding hydrogens is 126 g/mol. The van der Waals surface area contributed by atoms with Gasteiger partial charge in [0.15, 0.2) is 5.72 Å². The Morgan fingerprint density at radius 3 is 2.60 bits per heavy atom. The van der Waals surface area contributed by atoms with Crippen molar-refractivity contribution in [1.82, 2.24) is 4.90 Å². The minimum absolute atomic E-state index is 0.432. The maximum Gasteiger partial charge on any atom is 0.181 e. The van der Waals surface area contributed by atoms with Gasteiger partial charge in [-0.05, 0) is 20.9 Å². The van der Waals surface area contributed by atoms with E-state index in [1.54, 1.807) is 0 Å². The van der Waals surface area contributed by atoms with Crippen molar-refractivity contribution in [1.29, 1.82) is 0 Å². The molecule has 2 nitrogen and oxygen atoms in total. The van der Waals surface area contributed by atoms with E-state index >= 15 is 0 Å². The third-order valence-electron chi connectivity index (χ3n) is 2.21. The number of hydrogen-bond donors (Lipinski definition) is 0. The maximum atomic E-state index is 5.40. The van der Waals surface area contributed by atoms with Crippen molar-refractivity contribution in [3.05, 3.63) is 0 Å². The molecule has 0 aliphatic carbocycles. The zero-order chi connectivity index (χ0) is 7.78. The zero-order valence-corrected chi connectivity index (χ0v) is 6.72. The van der Waals surface area contributed by atoms with Gasteiger partial charge in [-0.25, -0.2) is 0 Å². The molecule has 0 aromatic rings. The predicted molar refractivity (Wildman–Crippen MR) is 40.4 cm³/mol. The van der Waals surface area contributed by atoms with Gasteiger partial charge < -0.3 is 4.74 Å². The van der Waals surface area contributed by atoms with Crippen LogP contribution in [-0.4, -0.2) is 30.3 Å². The van der Waals surface area contributed by atoms with Crippen LogP contribution >= 0.6 is 0 Å². The number of nitrogens with zero attached hydrogens (tertiary/aromatic N) is 1. The van der Waals surface area contributed by atoms with E-state index in [9.17, 15) is 0 Å². The summed E-state index contributed by atoms with van der Waals surface area (Å²) in [5.41, 5.74) is -0.473. The third kappa shape index (κ3) is 0.920. The van der Waals surface area contributed by atoms with E-state index in [0.29, 0.717) is 6.04 Å². The van der Waals surface area contributed by atoms with Gasteiger partial charge in [0.2, 0.25) is 0 Å². The van der Waals surface area contributed by atoms with Gasteiger partial charge in [0.25, 0.3) is 0 Å². The van der Waals surface area contributed by atoms with E-state index in [1.165, 1.54) is 0 Å². The molecule has 0 N–H and O–H groups in total. The van der Waals surface area contributed by atoms with Gasteiger partial charge in [-0.15, -0.1) is 6.42 Å². The van der Waals surface area contributed by atoms with Crippen LogP contribution in [0.5, 0.6) is 0 Å². The van der Waals surface area contributed by atoms with Crippen LogP contribution in [0, 0.1) is 12.3 Å². The molecule has 0 aromatic heterocycles. The van der Waals surface area contributed by atoms with E-state index in [-0.39, 0.29) is 0 Å². The van der Waals surface area contributed by atoms with E-state index in [0.717, 1.165) is 6.61 Å². The lowest BCUT2D eigenvalue weighted by Gasteiger charge is -2.26. The van der Waals surface area contributed by atoms with Gasteiger partial charge in [-0.3, -0.25) is 4.90 Å². The van der Waals surface area contributed by atoms with E-state index < -0.39 is 5.72 Å². The Balaban J connectivity index is 2.76. The van der Waals surface area contributed by atoms with Crippen LogP contribution < -0.4 is 0 Å². The number of rotatable bonds is 0. The Kier molecular flexibility index (Phi) is 1.72. The zero-order valence-electron chi connectivity index (χ0n) is 6.72. The van der Waals surface area contributed by atoms with Gasteiger partial charge in [0.05, 0.1) is 6.61 Å². The highest BCUT2D eigenvalue weighted by Crippen LogP contribution is 2.23. The lowest BCUT2D eigenvalue weighted by molar-refractivity contribution is -0.00469. The highest BCUT2D eigenvalue weighted by molar-refractivity contribution is 5.08. The molecule has 1 rings (SSSR count). The standard InChI is InChI=1S/C8H13NO/c1-5-8(3)9(4)7(2)6-10-8/h1,7H,6H2,2-4H3. The van der Waals surface area contributed by atoms with E-state index in [2.05, 4.69) is 17.7 Å². The second kappa shape index (κ2) is 2.26. The van der Waals surface area contributed by atoms with Crippen LogP contribution in [0.2, 0.25) is 0 Å². The molecule has 2 atom stereocenters. The number of ether oxygens (including phenoxy) is 1. The van der Waals surface area contributed by atoms with Crippen molar-refractivity contribution in [3.63, 3.8) is 0 Å². The van der Waals surface area contributed by atoms with E-state index in [1.807, 2.05) is 14.0 Å². The molecule has 0 bridgehead atoms. The minimum Gasteiger partial charge on any atom is -0.348 e. The average molecular weight is 139 g/mol. The lowest BCUT2D eigenvalue weighted by Crippen LogP contribution is -2.40. The number of hydrogen-bond acceptors (Lipinski definition) is 2. The minimum atomic E-state index is -0.473. The van der Waals surface area contributed by atoms with Crippen LogP contribution in [0.1, 0.15) is 13.8 Å². The highest BCUT2D eigenvalue weighted by Gasteiger charge is 2.37. The molecule has 2 unspecified atom stereocenters. The van der Waals surface area contributed by atoms with Crippen LogP contribution in [-0.2, 0) is 4.74 Å². The summed E-state index contributed by atoms with van der Waals surface area (Å²) in [6, 6.07) is 0.432. The van der Waals surface area contributed by atoms with Crippen molar-refractivity contribution in [2.24, 2.45) is 0 Å².